The van der Waals surface area contributed by atoms with Gasteiger partial charge in [0, 0.05) is 124 Å². The Morgan fingerprint density at radius 1 is 0.256 bits per heavy atom. The highest BCUT2D eigenvalue weighted by molar-refractivity contribution is 7.27. The van der Waals surface area contributed by atoms with Crippen LogP contribution in [0.1, 0.15) is 5.56 Å². The second-order valence-corrected chi connectivity index (χ2v) is 27.9. The Balaban J connectivity index is 1.05. The van der Waals surface area contributed by atoms with Gasteiger partial charge < -0.3 is 18.3 Å². The van der Waals surface area contributed by atoms with Crippen molar-refractivity contribution >= 4 is 219 Å². The van der Waals surface area contributed by atoms with Crippen molar-refractivity contribution in [2.75, 3.05) is 0 Å². The molecule has 0 unspecified atom stereocenters. The van der Waals surface area contributed by atoms with Crippen LogP contribution in [-0.4, -0.2) is 18.3 Å². The molecule has 0 bridgehead atoms. The van der Waals surface area contributed by atoms with E-state index in [1.54, 1.807) is 45.3 Å². The molecule has 6 nitrogen and oxygen atoms in total. The molecule has 8 aromatic heterocycles. The standard InChI is InChI=1S/C80H40N6S4/c1-82-76-77(83-60-26-10-2-18-43(60)51-34-55-47-22-6-14-30-68(47)87-72(55)38-64(51)83)59(42-81)78(84-61-27-11-3-19-44(61)52-35-56-48-23-7-15-31-69(48)88-73(56)39-65(52)84)80(86-63-29-13-5-21-46(63)54-37-58-50-25-9-17-33-71(50)90-75(58)41-67(54)86)79(76)85-62-28-12-4-20-45(62)53-36-57-49-24-8-16-32-70(49)89-74(57)40-66(53)85/h2-41H. The van der Waals surface area contributed by atoms with Crippen molar-refractivity contribution in [3.63, 3.8) is 0 Å². The molecule has 0 aliphatic carbocycles. The molecule has 0 fully saturated rings. The van der Waals surface area contributed by atoms with Crippen LogP contribution in [0.5, 0.6) is 0 Å². The molecule has 90 heavy (non-hydrogen) atoms. The third-order valence-corrected chi connectivity index (χ3v) is 23.7. The van der Waals surface area contributed by atoms with Crippen LogP contribution in [0.4, 0.5) is 5.69 Å². The second-order valence-electron chi connectivity index (χ2n) is 23.6. The SMILES string of the molecule is [C-]#[N+]c1c(-n2c3ccccc3c3cc4c(cc32)sc2ccccc24)c(C#N)c(-n2c3ccccc3c3cc4c(cc32)sc2ccccc24)c(-n2c3ccccc3c3cc4c(cc32)sc2ccccc24)c1-n1c2ccccc2c2cc3c(cc21)sc1ccccc13. The van der Waals surface area contributed by atoms with Gasteiger partial charge in [0.25, 0.3) is 0 Å². The van der Waals surface area contributed by atoms with Gasteiger partial charge in [-0.25, -0.2) is 4.85 Å². The fourth-order valence-corrected chi connectivity index (χ4v) is 20.0. The van der Waals surface area contributed by atoms with E-state index in [0.29, 0.717) is 28.3 Å². The zero-order valence-corrected chi connectivity index (χ0v) is 50.7. The minimum absolute atomic E-state index is 0.366. The second kappa shape index (κ2) is 17.8. The Morgan fingerprint density at radius 3 is 0.833 bits per heavy atom. The molecule has 13 aromatic carbocycles. The molecule has 0 spiro atoms. The predicted octanol–water partition coefficient (Wildman–Crippen LogP) is 24.0. The Kier molecular flexibility index (Phi) is 9.69. The van der Waals surface area contributed by atoms with E-state index in [4.69, 9.17) is 4.85 Å². The van der Waals surface area contributed by atoms with Crippen molar-refractivity contribution in [1.29, 1.82) is 5.26 Å². The van der Waals surface area contributed by atoms with Gasteiger partial charge in [-0.15, -0.1) is 45.3 Å². The zero-order valence-electron chi connectivity index (χ0n) is 47.4. The molecular formula is C80H40N6S4. The summed E-state index contributed by atoms with van der Waals surface area (Å²) in [5.41, 5.74) is 11.0. The fraction of sp³-hybridized carbons (Fsp3) is 0. The van der Waals surface area contributed by atoms with E-state index in [1.807, 2.05) is 0 Å². The lowest BCUT2D eigenvalue weighted by molar-refractivity contribution is 1.03. The first kappa shape index (κ1) is 49.0. The van der Waals surface area contributed by atoms with Crippen molar-refractivity contribution in [2.24, 2.45) is 0 Å². The average Bonchev–Trinajstić information content (AvgIpc) is 1.48. The van der Waals surface area contributed by atoms with Gasteiger partial charge >= 0.3 is 0 Å². The van der Waals surface area contributed by atoms with Crippen LogP contribution in [0.2, 0.25) is 0 Å². The van der Waals surface area contributed by atoms with Crippen molar-refractivity contribution in [3.05, 3.63) is 260 Å². The molecule has 414 valence electrons. The lowest BCUT2D eigenvalue weighted by atomic mass is 10.0. The maximum atomic E-state index is 13.1. The number of nitrogens with zero attached hydrogens (tertiary/aromatic N) is 6. The lowest BCUT2D eigenvalue weighted by Gasteiger charge is -2.27. The topological polar surface area (TPSA) is 47.9 Å². The number of thiophene rings is 4. The average molecular weight is 1210 g/mol. The van der Waals surface area contributed by atoms with Gasteiger partial charge in [-0.05, 0) is 97.1 Å². The molecule has 0 aliphatic rings. The number of hydrogen-bond acceptors (Lipinski definition) is 5. The van der Waals surface area contributed by atoms with Gasteiger partial charge in [0.2, 0.25) is 5.69 Å². The Morgan fingerprint density at radius 2 is 0.522 bits per heavy atom. The third kappa shape index (κ3) is 6.32. The molecule has 0 amide bonds. The first-order valence-electron chi connectivity index (χ1n) is 30.0. The van der Waals surface area contributed by atoms with Crippen LogP contribution in [0.25, 0.3) is 196 Å². The highest BCUT2D eigenvalue weighted by Gasteiger charge is 2.35. The molecule has 10 heteroatoms. The molecule has 0 saturated heterocycles. The summed E-state index contributed by atoms with van der Waals surface area (Å²) in [5, 5.41) is 31.3. The summed E-state index contributed by atoms with van der Waals surface area (Å²) in [6.07, 6.45) is 0. The van der Waals surface area contributed by atoms with Crippen molar-refractivity contribution in [1.82, 2.24) is 18.3 Å². The quantitative estimate of drug-likeness (QED) is 0.162. The smallest absolute Gasteiger partial charge is 0.237 e. The van der Waals surface area contributed by atoms with E-state index < -0.39 is 0 Å². The summed E-state index contributed by atoms with van der Waals surface area (Å²) in [4.78, 5) is 4.98. The number of aromatic nitrogens is 4. The highest BCUT2D eigenvalue weighted by atomic mass is 32.1. The molecule has 0 atom stereocenters. The minimum atomic E-state index is 0.366. The highest BCUT2D eigenvalue weighted by Crippen LogP contribution is 2.54. The van der Waals surface area contributed by atoms with Gasteiger partial charge in [0.05, 0.1) is 79.0 Å². The molecule has 0 radical (unpaired) electrons. The third-order valence-electron chi connectivity index (χ3n) is 19.2. The molecule has 21 aromatic rings. The summed E-state index contributed by atoms with van der Waals surface area (Å²) in [6, 6.07) is 91.5. The normalized spacial score (nSPS) is 12.4. The summed E-state index contributed by atoms with van der Waals surface area (Å²) in [5.74, 6) is 0. The summed E-state index contributed by atoms with van der Waals surface area (Å²) < 4.78 is 19.0. The van der Waals surface area contributed by atoms with Gasteiger partial charge in [-0.2, -0.15) is 5.26 Å². The van der Waals surface area contributed by atoms with E-state index in [1.165, 1.54) is 61.9 Å². The van der Waals surface area contributed by atoms with Crippen molar-refractivity contribution in [2.45, 2.75) is 0 Å². The molecule has 0 aliphatic heterocycles. The lowest BCUT2D eigenvalue weighted by Crippen LogP contribution is -2.14. The number of para-hydroxylation sites is 4. The number of fused-ring (bicyclic) bond motifs is 24. The van der Waals surface area contributed by atoms with Gasteiger partial charge in [-0.1, -0.05) is 146 Å². The van der Waals surface area contributed by atoms with E-state index >= 15 is 0 Å². The van der Waals surface area contributed by atoms with E-state index in [0.717, 1.165) is 112 Å². The largest absolute Gasteiger partial charge is 0.317 e. The van der Waals surface area contributed by atoms with Crippen LogP contribution in [0.15, 0.2) is 243 Å². The van der Waals surface area contributed by atoms with Crippen LogP contribution in [0.3, 0.4) is 0 Å². The number of benzene rings is 13. The summed E-state index contributed by atoms with van der Waals surface area (Å²) in [7, 11) is 0. The molecule has 8 heterocycles. The molecule has 21 rings (SSSR count). The first-order valence-corrected chi connectivity index (χ1v) is 33.2. The van der Waals surface area contributed by atoms with Gasteiger partial charge in [0.1, 0.15) is 6.07 Å². The van der Waals surface area contributed by atoms with Crippen molar-refractivity contribution in [3.8, 4) is 28.8 Å². The van der Waals surface area contributed by atoms with Crippen LogP contribution in [-0.2, 0) is 0 Å². The maximum absolute atomic E-state index is 13.1. The minimum Gasteiger partial charge on any atom is -0.317 e. The predicted molar refractivity (Wildman–Crippen MR) is 386 cm³/mol. The van der Waals surface area contributed by atoms with Crippen molar-refractivity contribution < 1.29 is 0 Å². The van der Waals surface area contributed by atoms with E-state index in [9.17, 15) is 11.8 Å². The Hall–Kier alpha value is -11.1. The summed E-state index contributed by atoms with van der Waals surface area (Å²) >= 11 is 7.18. The van der Waals surface area contributed by atoms with E-state index in [2.05, 4.69) is 267 Å². The number of rotatable bonds is 4. The molecule has 0 N–H and O–H groups in total. The van der Waals surface area contributed by atoms with Gasteiger partial charge in [-0.3, -0.25) is 0 Å². The molecular weight excluding hydrogens is 1170 g/mol. The van der Waals surface area contributed by atoms with Crippen LogP contribution < -0.4 is 0 Å². The van der Waals surface area contributed by atoms with E-state index in [-0.39, 0.29) is 0 Å². The molecule has 0 saturated carbocycles. The fourth-order valence-electron chi connectivity index (χ4n) is 15.5. The van der Waals surface area contributed by atoms with Crippen LogP contribution >= 0.6 is 45.3 Å². The van der Waals surface area contributed by atoms with Gasteiger partial charge in [0.15, 0.2) is 0 Å². The Bertz CT molecular complexity index is 6720. The maximum Gasteiger partial charge on any atom is 0.237 e. The van der Waals surface area contributed by atoms with Crippen LogP contribution in [0, 0.1) is 17.9 Å². The Labute approximate surface area is 527 Å². The summed E-state index contributed by atoms with van der Waals surface area (Å²) in [6.45, 7) is 10.2. The zero-order chi connectivity index (χ0) is 58.8. The first-order chi connectivity index (χ1) is 44.6. The monoisotopic (exact) mass is 1210 g/mol. The number of hydrogen-bond donors (Lipinski definition) is 0. The number of nitriles is 1.